The van der Waals surface area contributed by atoms with Gasteiger partial charge in [-0.15, -0.1) is 0 Å². The van der Waals surface area contributed by atoms with Gasteiger partial charge in [0.2, 0.25) is 0 Å². The van der Waals surface area contributed by atoms with Crippen LogP contribution in [0.3, 0.4) is 0 Å². The van der Waals surface area contributed by atoms with Gasteiger partial charge in [-0.1, -0.05) is 6.92 Å². The molecule has 0 fully saturated rings. The van der Waals surface area contributed by atoms with Gasteiger partial charge < -0.3 is 16.0 Å². The van der Waals surface area contributed by atoms with Crippen LogP contribution < -0.4 is 11.1 Å². The van der Waals surface area contributed by atoms with E-state index in [0.717, 1.165) is 31.0 Å². The van der Waals surface area contributed by atoms with Gasteiger partial charge in [-0.05, 0) is 37.9 Å². The predicted molar refractivity (Wildman–Crippen MR) is 62.5 cm³/mol. The number of hydrogen-bond donors (Lipinski definition) is 2. The van der Waals surface area contributed by atoms with Gasteiger partial charge in [-0.25, -0.2) is 0 Å². The second-order valence-electron chi connectivity index (χ2n) is 3.44. The Hall–Kier alpha value is -1.22. The van der Waals surface area contributed by atoms with E-state index < -0.39 is 0 Å². The molecule has 0 radical (unpaired) electrons. The summed E-state index contributed by atoms with van der Waals surface area (Å²) in [5, 5.41) is 3.34. The van der Waals surface area contributed by atoms with Crippen molar-refractivity contribution in [2.45, 2.75) is 6.92 Å². The molecule has 0 bridgehead atoms. The summed E-state index contributed by atoms with van der Waals surface area (Å²) in [5.74, 6) is 0. The number of hydrogen-bond acceptors (Lipinski definition) is 3. The lowest BCUT2D eigenvalue weighted by atomic mass is 10.3. The average Bonchev–Trinajstić information content (AvgIpc) is 2.21. The van der Waals surface area contributed by atoms with Crippen molar-refractivity contribution in [2.75, 3.05) is 37.7 Å². The molecule has 1 aromatic carbocycles. The zero-order valence-electron chi connectivity index (χ0n) is 8.96. The number of nitrogens with one attached hydrogen (secondary N) is 1. The maximum absolute atomic E-state index is 5.59. The van der Waals surface area contributed by atoms with E-state index in [2.05, 4.69) is 24.2 Å². The van der Waals surface area contributed by atoms with Gasteiger partial charge in [-0.2, -0.15) is 0 Å². The van der Waals surface area contributed by atoms with Crippen LogP contribution in [-0.2, 0) is 0 Å². The van der Waals surface area contributed by atoms with Crippen LogP contribution in [0.1, 0.15) is 6.92 Å². The first-order valence-corrected chi connectivity index (χ1v) is 5.00. The maximum Gasteiger partial charge on any atom is 0.0342 e. The minimum absolute atomic E-state index is 0.807. The molecule has 0 atom stereocenters. The molecule has 0 aliphatic carbocycles. The summed E-state index contributed by atoms with van der Waals surface area (Å²) in [4.78, 5) is 2.27. The highest BCUT2D eigenvalue weighted by Gasteiger charge is 1.94. The number of likely N-dealkylation sites (N-methyl/N-ethyl adjacent to an activating group) is 1. The van der Waals surface area contributed by atoms with Crippen LogP contribution >= 0.6 is 0 Å². The highest BCUT2D eigenvalue weighted by molar-refractivity contribution is 5.51. The monoisotopic (exact) mass is 193 g/mol. The summed E-state index contributed by atoms with van der Waals surface area (Å²) in [5.41, 5.74) is 7.52. The first kappa shape index (κ1) is 10.9. The number of nitrogen functional groups attached to an aromatic ring is 1. The Labute approximate surface area is 85.9 Å². The van der Waals surface area contributed by atoms with Crippen LogP contribution in [0.25, 0.3) is 0 Å². The van der Waals surface area contributed by atoms with Gasteiger partial charge in [0.15, 0.2) is 0 Å². The van der Waals surface area contributed by atoms with E-state index in [4.69, 9.17) is 5.73 Å². The minimum Gasteiger partial charge on any atom is -0.399 e. The zero-order valence-corrected chi connectivity index (χ0v) is 8.96. The molecule has 0 spiro atoms. The lowest BCUT2D eigenvalue weighted by Crippen LogP contribution is -2.24. The summed E-state index contributed by atoms with van der Waals surface area (Å²) < 4.78 is 0. The molecule has 0 aromatic heterocycles. The van der Waals surface area contributed by atoms with E-state index in [0.29, 0.717) is 0 Å². The second kappa shape index (κ2) is 5.50. The third kappa shape index (κ3) is 3.66. The van der Waals surface area contributed by atoms with Crippen molar-refractivity contribution >= 4 is 11.4 Å². The molecule has 3 heteroatoms. The van der Waals surface area contributed by atoms with Crippen molar-refractivity contribution < 1.29 is 0 Å². The fourth-order valence-electron chi connectivity index (χ4n) is 1.15. The Bertz CT molecular complexity index is 256. The Balaban J connectivity index is 2.28. The Morgan fingerprint density at radius 3 is 2.50 bits per heavy atom. The van der Waals surface area contributed by atoms with Crippen molar-refractivity contribution in [1.29, 1.82) is 0 Å². The summed E-state index contributed by atoms with van der Waals surface area (Å²) in [6.07, 6.45) is 0. The van der Waals surface area contributed by atoms with E-state index in [1.807, 2.05) is 24.3 Å². The fourth-order valence-corrected chi connectivity index (χ4v) is 1.15. The van der Waals surface area contributed by atoms with Gasteiger partial charge in [0, 0.05) is 24.5 Å². The zero-order chi connectivity index (χ0) is 10.4. The molecule has 0 saturated heterocycles. The molecule has 0 saturated carbocycles. The molecule has 3 nitrogen and oxygen atoms in total. The van der Waals surface area contributed by atoms with Gasteiger partial charge in [0.1, 0.15) is 0 Å². The lowest BCUT2D eigenvalue weighted by Gasteiger charge is -2.14. The number of nitrogens with two attached hydrogens (primary N) is 1. The van der Waals surface area contributed by atoms with Crippen molar-refractivity contribution in [1.82, 2.24) is 4.90 Å². The van der Waals surface area contributed by atoms with Crippen LogP contribution in [0.15, 0.2) is 24.3 Å². The smallest absolute Gasteiger partial charge is 0.0342 e. The molecule has 0 aliphatic heterocycles. The van der Waals surface area contributed by atoms with Gasteiger partial charge in [-0.3, -0.25) is 0 Å². The first-order chi connectivity index (χ1) is 6.72. The molecular weight excluding hydrogens is 174 g/mol. The lowest BCUT2D eigenvalue weighted by molar-refractivity contribution is 0.367. The van der Waals surface area contributed by atoms with Crippen LogP contribution in [-0.4, -0.2) is 31.6 Å². The number of nitrogens with zero attached hydrogens (tertiary/aromatic N) is 1. The maximum atomic E-state index is 5.59. The first-order valence-electron chi connectivity index (χ1n) is 5.00. The number of rotatable bonds is 5. The second-order valence-corrected chi connectivity index (χ2v) is 3.44. The number of anilines is 2. The topological polar surface area (TPSA) is 41.3 Å². The molecule has 14 heavy (non-hydrogen) atoms. The summed E-state index contributed by atoms with van der Waals surface area (Å²) >= 11 is 0. The predicted octanol–water partition coefficient (Wildman–Crippen LogP) is 1.63. The average molecular weight is 193 g/mol. The van der Waals surface area contributed by atoms with Crippen LogP contribution in [0.2, 0.25) is 0 Å². The van der Waals surface area contributed by atoms with E-state index in [1.165, 1.54) is 0 Å². The largest absolute Gasteiger partial charge is 0.399 e. The molecule has 3 N–H and O–H groups in total. The summed E-state index contributed by atoms with van der Waals surface area (Å²) in [7, 11) is 2.12. The molecule has 0 heterocycles. The van der Waals surface area contributed by atoms with Gasteiger partial charge in [0.25, 0.3) is 0 Å². The quantitative estimate of drug-likeness (QED) is 0.698. The van der Waals surface area contributed by atoms with Crippen LogP contribution in [0.5, 0.6) is 0 Å². The molecular formula is C11H19N3. The van der Waals surface area contributed by atoms with Crippen molar-refractivity contribution in [3.05, 3.63) is 24.3 Å². The van der Waals surface area contributed by atoms with Gasteiger partial charge >= 0.3 is 0 Å². The normalized spacial score (nSPS) is 10.5. The molecule has 1 rings (SSSR count). The van der Waals surface area contributed by atoms with Crippen molar-refractivity contribution in [3.63, 3.8) is 0 Å². The summed E-state index contributed by atoms with van der Waals surface area (Å²) in [6, 6.07) is 7.82. The fraction of sp³-hybridized carbons (Fsp3) is 0.455. The molecule has 0 unspecified atom stereocenters. The Morgan fingerprint density at radius 1 is 1.29 bits per heavy atom. The van der Waals surface area contributed by atoms with Gasteiger partial charge in [0.05, 0.1) is 0 Å². The molecule has 0 aliphatic rings. The standard InChI is InChI=1S/C11H19N3/c1-3-14(2)9-8-13-11-6-4-10(12)5-7-11/h4-7,13H,3,8-9,12H2,1-2H3. The number of benzene rings is 1. The van der Waals surface area contributed by atoms with E-state index in [9.17, 15) is 0 Å². The third-order valence-corrected chi connectivity index (χ3v) is 2.27. The summed E-state index contributed by atoms with van der Waals surface area (Å²) in [6.45, 7) is 5.27. The highest BCUT2D eigenvalue weighted by atomic mass is 15.1. The van der Waals surface area contributed by atoms with Crippen molar-refractivity contribution in [2.24, 2.45) is 0 Å². The SMILES string of the molecule is CCN(C)CCNc1ccc(N)cc1. The van der Waals surface area contributed by atoms with E-state index in [1.54, 1.807) is 0 Å². The Morgan fingerprint density at radius 2 is 1.93 bits per heavy atom. The van der Waals surface area contributed by atoms with E-state index in [-0.39, 0.29) is 0 Å². The Kier molecular flexibility index (Phi) is 4.26. The van der Waals surface area contributed by atoms with Crippen molar-refractivity contribution in [3.8, 4) is 0 Å². The van der Waals surface area contributed by atoms with Crippen LogP contribution in [0.4, 0.5) is 11.4 Å². The molecule has 0 amide bonds. The molecule has 1 aromatic rings. The minimum atomic E-state index is 0.807. The van der Waals surface area contributed by atoms with Crippen LogP contribution in [0, 0.1) is 0 Å². The third-order valence-electron chi connectivity index (χ3n) is 2.27. The highest BCUT2D eigenvalue weighted by Crippen LogP contribution is 2.09. The van der Waals surface area contributed by atoms with E-state index >= 15 is 0 Å². The molecule has 78 valence electrons.